The minimum absolute atomic E-state index is 0.0525. The normalized spacial score (nSPS) is 11.7. The minimum Gasteiger partial charge on any atom is -0.437 e. The van der Waals surface area contributed by atoms with Crippen molar-refractivity contribution in [1.82, 2.24) is 15.6 Å². The fourth-order valence-corrected chi connectivity index (χ4v) is 4.07. The van der Waals surface area contributed by atoms with Crippen molar-refractivity contribution in [2.24, 2.45) is 0 Å². The van der Waals surface area contributed by atoms with Gasteiger partial charge in [-0.1, -0.05) is 35.9 Å². The highest BCUT2D eigenvalue weighted by molar-refractivity contribution is 6.11. The molecule has 41 heavy (non-hydrogen) atoms. The van der Waals surface area contributed by atoms with Crippen molar-refractivity contribution in [2.45, 2.75) is 32.5 Å². The molecule has 0 saturated carbocycles. The molecule has 0 aliphatic heterocycles. The zero-order valence-electron chi connectivity index (χ0n) is 22.5. The maximum absolute atomic E-state index is 14.7. The Bertz CT molecular complexity index is 1690. The van der Waals surface area contributed by atoms with Crippen LogP contribution in [-0.4, -0.2) is 42.1 Å². The third kappa shape index (κ3) is 6.30. The summed E-state index contributed by atoms with van der Waals surface area (Å²) >= 11 is 0. The lowest BCUT2D eigenvalue weighted by Gasteiger charge is -2.18. The summed E-state index contributed by atoms with van der Waals surface area (Å²) in [6, 6.07) is 13.8. The molecule has 2 aromatic heterocycles. The molecule has 0 unspecified atom stereocenters. The fourth-order valence-electron chi connectivity index (χ4n) is 4.07. The van der Waals surface area contributed by atoms with E-state index in [4.69, 9.17) is 4.42 Å². The van der Waals surface area contributed by atoms with E-state index in [1.165, 1.54) is 33.0 Å². The number of nitriles is 1. The quantitative estimate of drug-likeness (QED) is 0.237. The van der Waals surface area contributed by atoms with Crippen LogP contribution in [0.25, 0.3) is 33.6 Å². The molecular formula is C29H25F4N5O3. The Morgan fingerprint density at radius 3 is 2.29 bits per heavy atom. The van der Waals surface area contributed by atoms with Gasteiger partial charge < -0.3 is 20.4 Å². The Morgan fingerprint density at radius 1 is 1.02 bits per heavy atom. The number of aromatic nitrogens is 1. The van der Waals surface area contributed by atoms with Gasteiger partial charge in [-0.25, -0.2) is 4.39 Å². The molecular weight excluding hydrogens is 542 g/mol. The van der Waals surface area contributed by atoms with E-state index in [2.05, 4.69) is 20.9 Å². The first-order valence-electron chi connectivity index (χ1n) is 12.3. The first-order valence-corrected chi connectivity index (χ1v) is 12.3. The van der Waals surface area contributed by atoms with Gasteiger partial charge in [0.05, 0.1) is 22.6 Å². The fraction of sp³-hybridized carbons (Fsp3) is 0.241. The number of nitrogens with one attached hydrogen (secondary N) is 3. The third-order valence-corrected chi connectivity index (χ3v) is 6.13. The van der Waals surface area contributed by atoms with Crippen LogP contribution in [0.4, 0.5) is 23.4 Å². The van der Waals surface area contributed by atoms with Crippen molar-refractivity contribution in [3.8, 4) is 28.5 Å². The van der Waals surface area contributed by atoms with E-state index in [0.29, 0.717) is 5.56 Å². The number of amides is 2. The number of alkyl halides is 3. The van der Waals surface area contributed by atoms with Gasteiger partial charge in [0, 0.05) is 18.2 Å². The molecule has 2 aromatic carbocycles. The summed E-state index contributed by atoms with van der Waals surface area (Å²) in [4.78, 5) is 30.1. The summed E-state index contributed by atoms with van der Waals surface area (Å²) in [5.74, 6) is -2.44. The van der Waals surface area contributed by atoms with E-state index >= 15 is 0 Å². The van der Waals surface area contributed by atoms with E-state index in [9.17, 15) is 32.4 Å². The summed E-state index contributed by atoms with van der Waals surface area (Å²) < 4.78 is 60.2. The molecule has 212 valence electrons. The van der Waals surface area contributed by atoms with Crippen LogP contribution in [0.1, 0.15) is 40.1 Å². The van der Waals surface area contributed by atoms with Crippen LogP contribution in [0.5, 0.6) is 0 Å². The summed E-state index contributed by atoms with van der Waals surface area (Å²) in [6.45, 7) is 3.29. The summed E-state index contributed by atoms with van der Waals surface area (Å²) in [5, 5.41) is 16.6. The van der Waals surface area contributed by atoms with E-state index in [1.54, 1.807) is 12.1 Å². The van der Waals surface area contributed by atoms with E-state index in [-0.39, 0.29) is 39.4 Å². The van der Waals surface area contributed by atoms with Gasteiger partial charge in [-0.15, -0.1) is 0 Å². The van der Waals surface area contributed by atoms with Crippen molar-refractivity contribution in [3.05, 3.63) is 71.0 Å². The SMILES string of the molecule is CNC(=O)c1c(-c2ccc(C)cc2)oc2nc(NCC(F)(F)F)c(-c3ccc(F)c(C(=O)NC(C)(C)C#N)c3)cc12. The smallest absolute Gasteiger partial charge is 0.405 e. The van der Waals surface area contributed by atoms with Gasteiger partial charge in [-0.05, 0) is 44.5 Å². The molecule has 12 heteroatoms. The van der Waals surface area contributed by atoms with Crippen LogP contribution in [0.2, 0.25) is 0 Å². The second kappa shape index (κ2) is 10.9. The molecule has 2 heterocycles. The number of pyridine rings is 1. The number of carbonyl (C=O) groups is 2. The van der Waals surface area contributed by atoms with Crippen molar-refractivity contribution >= 4 is 28.7 Å². The molecule has 4 aromatic rings. The lowest BCUT2D eigenvalue weighted by molar-refractivity contribution is -0.115. The van der Waals surface area contributed by atoms with Gasteiger partial charge in [0.15, 0.2) is 0 Å². The minimum atomic E-state index is -4.60. The number of furan rings is 1. The lowest BCUT2D eigenvalue weighted by Crippen LogP contribution is -2.42. The molecule has 0 fully saturated rings. The van der Waals surface area contributed by atoms with Crippen molar-refractivity contribution in [1.29, 1.82) is 5.26 Å². The summed E-state index contributed by atoms with van der Waals surface area (Å²) in [7, 11) is 1.42. The Hall–Kier alpha value is -4.92. The van der Waals surface area contributed by atoms with Crippen molar-refractivity contribution < 1.29 is 31.6 Å². The highest BCUT2D eigenvalue weighted by Gasteiger charge is 2.30. The molecule has 0 spiro atoms. The number of aryl methyl sites for hydroxylation is 1. The number of anilines is 1. The maximum Gasteiger partial charge on any atom is 0.405 e. The molecule has 4 rings (SSSR count). The van der Waals surface area contributed by atoms with Crippen molar-refractivity contribution in [2.75, 3.05) is 18.9 Å². The van der Waals surface area contributed by atoms with Gasteiger partial charge in [-0.3, -0.25) is 9.59 Å². The largest absolute Gasteiger partial charge is 0.437 e. The number of hydrogen-bond acceptors (Lipinski definition) is 6. The van der Waals surface area contributed by atoms with Crippen LogP contribution in [0.15, 0.2) is 52.9 Å². The number of benzene rings is 2. The molecule has 0 radical (unpaired) electrons. The van der Waals surface area contributed by atoms with Crippen LogP contribution in [0.3, 0.4) is 0 Å². The second-order valence-corrected chi connectivity index (χ2v) is 9.84. The number of fused-ring (bicyclic) bond motifs is 1. The summed E-state index contributed by atoms with van der Waals surface area (Å²) in [6.07, 6.45) is -4.60. The lowest BCUT2D eigenvalue weighted by atomic mass is 9.99. The van der Waals surface area contributed by atoms with Gasteiger partial charge in [0.2, 0.25) is 5.71 Å². The Morgan fingerprint density at radius 2 is 1.68 bits per heavy atom. The Balaban J connectivity index is 1.95. The second-order valence-electron chi connectivity index (χ2n) is 9.84. The number of carbonyl (C=O) groups excluding carboxylic acids is 2. The highest BCUT2D eigenvalue weighted by atomic mass is 19.4. The van der Waals surface area contributed by atoms with Crippen LogP contribution < -0.4 is 16.0 Å². The number of rotatable bonds is 7. The van der Waals surface area contributed by atoms with E-state index in [0.717, 1.165) is 17.7 Å². The number of halogens is 4. The molecule has 0 atom stereocenters. The molecule has 3 N–H and O–H groups in total. The van der Waals surface area contributed by atoms with Gasteiger partial charge >= 0.3 is 6.18 Å². The monoisotopic (exact) mass is 567 g/mol. The molecule has 0 aliphatic rings. The predicted octanol–water partition coefficient (Wildman–Crippen LogP) is 5.98. The first kappa shape index (κ1) is 29.1. The third-order valence-electron chi connectivity index (χ3n) is 6.13. The Labute approximate surface area is 232 Å². The zero-order valence-corrected chi connectivity index (χ0v) is 22.5. The van der Waals surface area contributed by atoms with Gasteiger partial charge in [-0.2, -0.15) is 23.4 Å². The molecule has 0 aliphatic carbocycles. The van der Waals surface area contributed by atoms with Crippen LogP contribution in [0, 0.1) is 24.1 Å². The highest BCUT2D eigenvalue weighted by Crippen LogP contribution is 2.38. The Kier molecular flexibility index (Phi) is 7.74. The average Bonchev–Trinajstić information content (AvgIpc) is 3.29. The summed E-state index contributed by atoms with van der Waals surface area (Å²) in [5.41, 5.74) is -0.0823. The zero-order chi connectivity index (χ0) is 30.1. The topological polar surface area (TPSA) is 120 Å². The van der Waals surface area contributed by atoms with Crippen LogP contribution in [-0.2, 0) is 0 Å². The molecule has 2 amide bonds. The van der Waals surface area contributed by atoms with E-state index in [1.807, 2.05) is 25.1 Å². The van der Waals surface area contributed by atoms with Crippen molar-refractivity contribution in [3.63, 3.8) is 0 Å². The van der Waals surface area contributed by atoms with Crippen LogP contribution >= 0.6 is 0 Å². The van der Waals surface area contributed by atoms with E-state index < -0.39 is 41.5 Å². The number of nitrogens with zero attached hydrogens (tertiary/aromatic N) is 2. The molecule has 0 bridgehead atoms. The number of hydrogen-bond donors (Lipinski definition) is 3. The predicted molar refractivity (Wildman–Crippen MR) is 145 cm³/mol. The average molecular weight is 568 g/mol. The standard InChI is InChI=1S/C29H25F4N5O3/c1-15-5-7-16(8-6-15)23-22(26(40)35-4)20-12-18(24(37-27(20)41-23)36-14-29(31,32)33)17-9-10-21(30)19(11-17)25(39)38-28(2,3)13-34/h5-12H,14H2,1-4H3,(H,35,40)(H,36,37)(H,38,39). The molecule has 0 saturated heterocycles. The van der Waals surface area contributed by atoms with Gasteiger partial charge in [0.25, 0.3) is 11.8 Å². The first-order chi connectivity index (χ1) is 19.2. The molecule has 8 nitrogen and oxygen atoms in total. The van der Waals surface area contributed by atoms with Gasteiger partial charge in [0.1, 0.15) is 29.5 Å². The maximum atomic E-state index is 14.7.